The summed E-state index contributed by atoms with van der Waals surface area (Å²) in [6.45, 7) is 3.93. The molecule has 0 bridgehead atoms. The molecule has 106 valence electrons. The van der Waals surface area contributed by atoms with E-state index in [1.807, 2.05) is 13.8 Å². The number of benzene rings is 1. The first-order valence-corrected chi connectivity index (χ1v) is 6.49. The lowest BCUT2D eigenvalue weighted by Gasteiger charge is -2.14. The normalized spacial score (nSPS) is 18.4. The first-order chi connectivity index (χ1) is 9.49. The van der Waals surface area contributed by atoms with Gasteiger partial charge < -0.3 is 5.32 Å². The Morgan fingerprint density at radius 1 is 1.30 bits per heavy atom. The lowest BCUT2D eigenvalue weighted by atomic mass is 10.0. The van der Waals surface area contributed by atoms with Gasteiger partial charge in [0.05, 0.1) is 0 Å². The molecule has 2 rings (SSSR count). The van der Waals surface area contributed by atoms with Gasteiger partial charge in [0.25, 0.3) is 11.8 Å². The van der Waals surface area contributed by atoms with Gasteiger partial charge >= 0.3 is 6.03 Å². The van der Waals surface area contributed by atoms with Crippen LogP contribution in [-0.4, -0.2) is 28.9 Å². The fraction of sp³-hybridized carbons (Fsp3) is 0.357. The molecule has 2 N–H and O–H groups in total. The molecule has 1 aliphatic rings. The highest BCUT2D eigenvalue weighted by molar-refractivity contribution is 6.06. The number of nitrogens with zero attached hydrogens (tertiary/aromatic N) is 1. The molecule has 1 saturated heterocycles. The van der Waals surface area contributed by atoms with Gasteiger partial charge in [-0.05, 0) is 24.5 Å². The van der Waals surface area contributed by atoms with Crippen molar-refractivity contribution < 1.29 is 14.4 Å². The van der Waals surface area contributed by atoms with Crippen LogP contribution in [0.4, 0.5) is 4.79 Å². The maximum absolute atomic E-state index is 12.0. The molecule has 6 heteroatoms. The van der Waals surface area contributed by atoms with Crippen molar-refractivity contribution in [3.63, 3.8) is 0 Å². The fourth-order valence-corrected chi connectivity index (χ4v) is 2.02. The molecule has 1 atom stereocenters. The summed E-state index contributed by atoms with van der Waals surface area (Å²) in [5, 5.41) is 3.32. The predicted molar refractivity (Wildman–Crippen MR) is 72.5 cm³/mol. The summed E-state index contributed by atoms with van der Waals surface area (Å²) in [4.78, 5) is 35.7. The average Bonchev–Trinajstić information content (AvgIpc) is 2.66. The lowest BCUT2D eigenvalue weighted by Crippen LogP contribution is -2.46. The minimum Gasteiger partial charge on any atom is -0.324 e. The van der Waals surface area contributed by atoms with Crippen LogP contribution in [0.15, 0.2) is 30.3 Å². The Morgan fingerprint density at radius 2 is 1.95 bits per heavy atom. The van der Waals surface area contributed by atoms with E-state index in [0.717, 1.165) is 5.01 Å². The van der Waals surface area contributed by atoms with Crippen molar-refractivity contribution in [2.45, 2.75) is 26.3 Å². The smallest absolute Gasteiger partial charge is 0.324 e. The molecule has 0 saturated carbocycles. The summed E-state index contributed by atoms with van der Waals surface area (Å²) in [6, 6.07) is 7.26. The van der Waals surface area contributed by atoms with Crippen molar-refractivity contribution in [1.82, 2.24) is 15.8 Å². The van der Waals surface area contributed by atoms with Gasteiger partial charge in [-0.3, -0.25) is 15.0 Å². The second-order valence-corrected chi connectivity index (χ2v) is 5.11. The molecule has 6 nitrogen and oxygen atoms in total. The molecule has 20 heavy (non-hydrogen) atoms. The number of imide groups is 1. The van der Waals surface area contributed by atoms with Crippen LogP contribution in [0.3, 0.4) is 0 Å². The van der Waals surface area contributed by atoms with E-state index in [1.165, 1.54) is 0 Å². The standard InChI is InChI=1S/C14H17N3O3/c1-9(2)8-11-13(19)17(14(20)15-11)16-12(18)10-6-4-3-5-7-10/h3-7,9,11H,8H2,1-2H3,(H,15,20)(H,16,18). The van der Waals surface area contributed by atoms with Crippen LogP contribution in [0, 0.1) is 5.92 Å². The van der Waals surface area contributed by atoms with Crippen LogP contribution < -0.4 is 10.7 Å². The third kappa shape index (κ3) is 2.96. The molecule has 1 unspecified atom stereocenters. The van der Waals surface area contributed by atoms with E-state index in [-0.39, 0.29) is 5.92 Å². The Bertz CT molecular complexity index is 528. The first-order valence-electron chi connectivity index (χ1n) is 6.49. The highest BCUT2D eigenvalue weighted by atomic mass is 16.2. The molecular formula is C14H17N3O3. The maximum Gasteiger partial charge on any atom is 0.344 e. The third-order valence-corrected chi connectivity index (χ3v) is 2.98. The number of carbonyl (C=O) groups excluding carboxylic acids is 3. The van der Waals surface area contributed by atoms with E-state index in [0.29, 0.717) is 12.0 Å². The summed E-state index contributed by atoms with van der Waals surface area (Å²) in [5.41, 5.74) is 2.72. The van der Waals surface area contributed by atoms with Crippen molar-refractivity contribution in [1.29, 1.82) is 0 Å². The topological polar surface area (TPSA) is 78.5 Å². The van der Waals surface area contributed by atoms with Crippen LogP contribution >= 0.6 is 0 Å². The van der Waals surface area contributed by atoms with Crippen LogP contribution in [0.2, 0.25) is 0 Å². The first kappa shape index (κ1) is 14.0. The number of hydrogen-bond donors (Lipinski definition) is 2. The van der Waals surface area contributed by atoms with Crippen molar-refractivity contribution >= 4 is 17.8 Å². The van der Waals surface area contributed by atoms with Crippen LogP contribution in [0.1, 0.15) is 30.6 Å². The van der Waals surface area contributed by atoms with E-state index in [1.54, 1.807) is 30.3 Å². The minimum absolute atomic E-state index is 0.272. The van der Waals surface area contributed by atoms with Gasteiger partial charge in [-0.2, -0.15) is 5.01 Å². The molecule has 1 aromatic carbocycles. The molecule has 0 aliphatic carbocycles. The number of rotatable bonds is 4. The monoisotopic (exact) mass is 275 g/mol. The summed E-state index contributed by atoms with van der Waals surface area (Å²) in [5.74, 6) is -0.638. The van der Waals surface area contributed by atoms with Gasteiger partial charge in [-0.15, -0.1) is 0 Å². The SMILES string of the molecule is CC(C)CC1NC(=O)N(NC(=O)c2ccccc2)C1=O. The highest BCUT2D eigenvalue weighted by Crippen LogP contribution is 2.13. The number of nitrogens with one attached hydrogen (secondary N) is 2. The molecule has 1 aliphatic heterocycles. The molecule has 4 amide bonds. The van der Waals surface area contributed by atoms with Gasteiger partial charge in [-0.1, -0.05) is 32.0 Å². The number of amides is 4. The zero-order chi connectivity index (χ0) is 14.7. The molecule has 1 fully saturated rings. The number of hydrogen-bond acceptors (Lipinski definition) is 3. The Hall–Kier alpha value is -2.37. The van der Waals surface area contributed by atoms with Gasteiger partial charge in [0, 0.05) is 5.56 Å². The van der Waals surface area contributed by atoms with E-state index in [4.69, 9.17) is 0 Å². The zero-order valence-corrected chi connectivity index (χ0v) is 11.4. The summed E-state index contributed by atoms with van der Waals surface area (Å²) in [7, 11) is 0. The Kier molecular flexibility index (Phi) is 4.02. The van der Waals surface area contributed by atoms with Gasteiger partial charge in [-0.25, -0.2) is 4.79 Å². The maximum atomic E-state index is 12.0. The van der Waals surface area contributed by atoms with Crippen LogP contribution in [-0.2, 0) is 4.79 Å². The van der Waals surface area contributed by atoms with E-state index in [9.17, 15) is 14.4 Å². The van der Waals surface area contributed by atoms with Gasteiger partial charge in [0.2, 0.25) is 0 Å². The van der Waals surface area contributed by atoms with Crippen molar-refractivity contribution in [3.05, 3.63) is 35.9 Å². The second-order valence-electron chi connectivity index (χ2n) is 5.11. The summed E-state index contributed by atoms with van der Waals surface area (Å²) in [6.07, 6.45) is 0.544. The lowest BCUT2D eigenvalue weighted by molar-refractivity contribution is -0.129. The van der Waals surface area contributed by atoms with E-state index < -0.39 is 23.9 Å². The largest absolute Gasteiger partial charge is 0.344 e. The Labute approximate surface area is 117 Å². The molecule has 1 aromatic rings. The number of urea groups is 1. The summed E-state index contributed by atoms with van der Waals surface area (Å²) < 4.78 is 0. The van der Waals surface area contributed by atoms with Crippen molar-refractivity contribution in [2.24, 2.45) is 5.92 Å². The van der Waals surface area contributed by atoms with Gasteiger partial charge in [0.1, 0.15) is 6.04 Å². The fourth-order valence-electron chi connectivity index (χ4n) is 2.02. The molecule has 0 radical (unpaired) electrons. The Balaban J connectivity index is 2.04. The van der Waals surface area contributed by atoms with Crippen LogP contribution in [0.25, 0.3) is 0 Å². The molecule has 1 heterocycles. The molecule has 0 aromatic heterocycles. The highest BCUT2D eigenvalue weighted by Gasteiger charge is 2.39. The Morgan fingerprint density at radius 3 is 2.55 bits per heavy atom. The van der Waals surface area contributed by atoms with Crippen molar-refractivity contribution in [3.8, 4) is 0 Å². The van der Waals surface area contributed by atoms with Crippen molar-refractivity contribution in [2.75, 3.05) is 0 Å². The average molecular weight is 275 g/mol. The summed E-state index contributed by atoms with van der Waals surface area (Å²) >= 11 is 0. The number of hydrazine groups is 1. The third-order valence-electron chi connectivity index (χ3n) is 2.98. The second kappa shape index (κ2) is 5.73. The van der Waals surface area contributed by atoms with E-state index in [2.05, 4.69) is 10.7 Å². The van der Waals surface area contributed by atoms with Gasteiger partial charge in [0.15, 0.2) is 0 Å². The minimum atomic E-state index is -0.593. The quantitative estimate of drug-likeness (QED) is 0.813. The van der Waals surface area contributed by atoms with E-state index >= 15 is 0 Å². The van der Waals surface area contributed by atoms with Crippen LogP contribution in [0.5, 0.6) is 0 Å². The molecule has 0 spiro atoms. The number of carbonyl (C=O) groups is 3. The zero-order valence-electron chi connectivity index (χ0n) is 11.4. The molecular weight excluding hydrogens is 258 g/mol. The predicted octanol–water partition coefficient (Wildman–Crippen LogP) is 1.30.